The highest BCUT2D eigenvalue weighted by Gasteiger charge is 2.11. The Kier molecular flexibility index (Phi) is 4.63. The first-order chi connectivity index (χ1) is 17.4. The van der Waals surface area contributed by atoms with E-state index in [-0.39, 0.29) is 0 Å². The lowest BCUT2D eigenvalue weighted by Crippen LogP contribution is -1.93. The van der Waals surface area contributed by atoms with Gasteiger partial charge in [-0.3, -0.25) is 0 Å². The van der Waals surface area contributed by atoms with Crippen molar-refractivity contribution in [2.75, 3.05) is 0 Å². The Labute approximate surface area is 204 Å². The number of rotatable bonds is 0. The smallest absolute Gasteiger partial charge is 0.00698 e. The first kappa shape index (κ1) is 20.0. The summed E-state index contributed by atoms with van der Waals surface area (Å²) in [6.07, 6.45) is 5.60. The second kappa shape index (κ2) is 8.11. The van der Waals surface area contributed by atoms with E-state index < -0.39 is 0 Å². The van der Waals surface area contributed by atoms with Crippen molar-refractivity contribution in [3.05, 3.63) is 139 Å². The number of fused-ring (bicyclic) bond motifs is 8. The lowest BCUT2D eigenvalue weighted by Gasteiger charge is -2.15. The van der Waals surface area contributed by atoms with Crippen LogP contribution < -0.4 is 0 Å². The normalized spacial score (nSPS) is 12.3. The summed E-state index contributed by atoms with van der Waals surface area (Å²) in [6.45, 7) is 0. The van der Waals surface area contributed by atoms with E-state index in [1.807, 2.05) is 0 Å². The molecular formula is C35H24. The zero-order valence-electron chi connectivity index (χ0n) is 19.4. The topological polar surface area (TPSA) is 0 Å². The van der Waals surface area contributed by atoms with E-state index in [2.05, 4.69) is 133 Å². The summed E-state index contributed by atoms with van der Waals surface area (Å²) in [5.41, 5.74) is 2.84. The summed E-state index contributed by atoms with van der Waals surface area (Å²) in [7, 11) is 0. The summed E-state index contributed by atoms with van der Waals surface area (Å²) in [6, 6.07) is 43.5. The van der Waals surface area contributed by atoms with Crippen LogP contribution in [0, 0.1) is 0 Å². The van der Waals surface area contributed by atoms with Crippen molar-refractivity contribution in [1.29, 1.82) is 0 Å². The summed E-state index contributed by atoms with van der Waals surface area (Å²) in [4.78, 5) is 0. The van der Waals surface area contributed by atoms with Gasteiger partial charge in [0.1, 0.15) is 0 Å². The molecule has 0 nitrogen and oxygen atoms in total. The van der Waals surface area contributed by atoms with E-state index in [0.717, 1.165) is 6.42 Å². The fourth-order valence-electron chi connectivity index (χ4n) is 5.74. The third-order valence-corrected chi connectivity index (χ3v) is 7.29. The highest BCUT2D eigenvalue weighted by molar-refractivity contribution is 6.25. The number of hydrogen-bond donors (Lipinski definition) is 0. The molecule has 0 atom stereocenters. The van der Waals surface area contributed by atoms with Crippen LogP contribution in [0.25, 0.3) is 59.9 Å². The molecule has 0 saturated heterocycles. The van der Waals surface area contributed by atoms with Crippen LogP contribution in [-0.2, 0) is 6.42 Å². The van der Waals surface area contributed by atoms with Crippen LogP contribution in [-0.4, -0.2) is 0 Å². The predicted octanol–water partition coefficient (Wildman–Crippen LogP) is 9.71. The van der Waals surface area contributed by atoms with Gasteiger partial charge in [-0.1, -0.05) is 127 Å². The van der Waals surface area contributed by atoms with Crippen molar-refractivity contribution in [3.8, 4) is 0 Å². The molecule has 0 heteroatoms. The summed E-state index contributed by atoms with van der Waals surface area (Å²) in [5, 5.41) is 13.5. The Bertz CT molecular complexity index is 1700. The van der Waals surface area contributed by atoms with Crippen LogP contribution in [0.2, 0.25) is 0 Å². The Hall–Kier alpha value is -4.42. The van der Waals surface area contributed by atoms with Gasteiger partial charge in [0.25, 0.3) is 0 Å². The average molecular weight is 445 g/mol. The van der Waals surface area contributed by atoms with Gasteiger partial charge in [0, 0.05) is 0 Å². The monoisotopic (exact) mass is 444 g/mol. The van der Waals surface area contributed by atoms with E-state index in [9.17, 15) is 0 Å². The van der Waals surface area contributed by atoms with Crippen LogP contribution >= 0.6 is 0 Å². The molecule has 0 fully saturated rings. The molecule has 0 radical (unpaired) electrons. The van der Waals surface area contributed by atoms with Gasteiger partial charge in [-0.2, -0.15) is 0 Å². The Morgan fingerprint density at radius 1 is 0.400 bits per heavy atom. The molecule has 0 heterocycles. The van der Waals surface area contributed by atoms with Gasteiger partial charge < -0.3 is 0 Å². The fourth-order valence-corrected chi connectivity index (χ4v) is 5.74. The standard InChI is InChI=1S/C18H12.C17H12/c1-2-8-14-13(7-1)15-9-3-4-11-17(15)18-12-6-5-10-16(14)18;1-2-9-15-13(5-1)11-14-8-3-6-12-7-4-10-16(15)17(12)14/h1-12H;1-6,8-11H,7H2. The van der Waals surface area contributed by atoms with Gasteiger partial charge in [0.15, 0.2) is 0 Å². The maximum Gasteiger partial charge on any atom is -0.00698 e. The van der Waals surface area contributed by atoms with Crippen molar-refractivity contribution in [1.82, 2.24) is 0 Å². The predicted molar refractivity (Wildman–Crippen MR) is 153 cm³/mol. The molecule has 0 aromatic heterocycles. The molecule has 7 aromatic rings. The molecule has 1 aliphatic carbocycles. The second-order valence-corrected chi connectivity index (χ2v) is 9.27. The Morgan fingerprint density at radius 2 is 0.857 bits per heavy atom. The third kappa shape index (κ3) is 3.22. The molecule has 0 unspecified atom stereocenters. The maximum absolute atomic E-state index is 2.30. The van der Waals surface area contributed by atoms with Gasteiger partial charge in [0.2, 0.25) is 0 Å². The van der Waals surface area contributed by atoms with Gasteiger partial charge >= 0.3 is 0 Å². The molecule has 164 valence electrons. The summed E-state index contributed by atoms with van der Waals surface area (Å²) in [5.74, 6) is 0. The molecule has 0 N–H and O–H groups in total. The van der Waals surface area contributed by atoms with Crippen molar-refractivity contribution >= 4 is 59.9 Å². The largest absolute Gasteiger partial charge is 0.0795 e. The molecule has 0 amide bonds. The van der Waals surface area contributed by atoms with Crippen molar-refractivity contribution in [3.63, 3.8) is 0 Å². The first-order valence-corrected chi connectivity index (χ1v) is 12.3. The van der Waals surface area contributed by atoms with Gasteiger partial charge in [-0.15, -0.1) is 0 Å². The van der Waals surface area contributed by atoms with Crippen molar-refractivity contribution < 1.29 is 0 Å². The molecule has 0 aliphatic heterocycles. The Morgan fingerprint density at radius 3 is 1.40 bits per heavy atom. The maximum atomic E-state index is 2.30. The van der Waals surface area contributed by atoms with Gasteiger partial charge in [-0.05, 0) is 77.5 Å². The van der Waals surface area contributed by atoms with Crippen molar-refractivity contribution in [2.24, 2.45) is 0 Å². The minimum atomic E-state index is 1.06. The Balaban J connectivity index is 0.000000120. The highest BCUT2D eigenvalue weighted by atomic mass is 14.1. The van der Waals surface area contributed by atoms with Gasteiger partial charge in [0.05, 0.1) is 0 Å². The lowest BCUT2D eigenvalue weighted by molar-refractivity contribution is 1.30. The molecule has 0 spiro atoms. The van der Waals surface area contributed by atoms with Crippen LogP contribution in [0.5, 0.6) is 0 Å². The zero-order chi connectivity index (χ0) is 23.2. The zero-order valence-corrected chi connectivity index (χ0v) is 19.4. The molecular weight excluding hydrogens is 420 g/mol. The third-order valence-electron chi connectivity index (χ3n) is 7.29. The quantitative estimate of drug-likeness (QED) is 0.161. The summed E-state index contributed by atoms with van der Waals surface area (Å²) < 4.78 is 0. The minimum absolute atomic E-state index is 1.06. The van der Waals surface area contributed by atoms with Crippen LogP contribution in [0.1, 0.15) is 11.1 Å². The van der Waals surface area contributed by atoms with Gasteiger partial charge in [-0.25, -0.2) is 0 Å². The molecule has 35 heavy (non-hydrogen) atoms. The molecule has 0 bridgehead atoms. The molecule has 0 saturated carbocycles. The molecule has 7 aromatic carbocycles. The van der Waals surface area contributed by atoms with Crippen LogP contribution in [0.15, 0.2) is 127 Å². The second-order valence-electron chi connectivity index (χ2n) is 9.27. The number of hydrogen-bond acceptors (Lipinski definition) is 0. The van der Waals surface area contributed by atoms with E-state index >= 15 is 0 Å². The number of benzene rings is 7. The van der Waals surface area contributed by atoms with E-state index in [1.165, 1.54) is 65.0 Å². The van der Waals surface area contributed by atoms with Crippen molar-refractivity contribution in [2.45, 2.75) is 6.42 Å². The average Bonchev–Trinajstić information content (AvgIpc) is 2.94. The van der Waals surface area contributed by atoms with E-state index in [0.29, 0.717) is 0 Å². The highest BCUT2D eigenvalue weighted by Crippen LogP contribution is 2.35. The van der Waals surface area contributed by atoms with E-state index in [1.54, 1.807) is 0 Å². The lowest BCUT2D eigenvalue weighted by atomic mass is 9.89. The first-order valence-electron chi connectivity index (χ1n) is 12.3. The van der Waals surface area contributed by atoms with E-state index in [4.69, 9.17) is 0 Å². The minimum Gasteiger partial charge on any atom is -0.0795 e. The van der Waals surface area contributed by atoms with Crippen LogP contribution in [0.3, 0.4) is 0 Å². The molecule has 8 rings (SSSR count). The SMILES string of the molecule is C1=Cc2c3ccccc3cc3cccc(c23)C1.c1ccc2c(c1)c1ccccc1c1ccccc21. The van der Waals surface area contributed by atoms with Crippen LogP contribution in [0.4, 0.5) is 0 Å². The number of allylic oxidation sites excluding steroid dienone is 1. The fraction of sp³-hybridized carbons (Fsp3) is 0.0286. The summed E-state index contributed by atoms with van der Waals surface area (Å²) >= 11 is 0. The molecule has 1 aliphatic rings.